The molecule has 3 rings (SSSR count). The molecule has 0 aliphatic carbocycles. The molecule has 21 heavy (non-hydrogen) atoms. The van der Waals surface area contributed by atoms with E-state index in [1.165, 1.54) is 0 Å². The molecule has 0 aromatic carbocycles. The molecule has 2 aromatic rings. The average molecular weight is 330 g/mol. The van der Waals surface area contributed by atoms with Crippen molar-refractivity contribution in [3.63, 3.8) is 0 Å². The van der Waals surface area contributed by atoms with E-state index in [-0.39, 0.29) is 17.5 Å². The molecule has 114 valence electrons. The summed E-state index contributed by atoms with van der Waals surface area (Å²) >= 11 is 6.16. The van der Waals surface area contributed by atoms with Crippen LogP contribution in [0.5, 0.6) is 0 Å². The maximum atomic E-state index is 11.6. The van der Waals surface area contributed by atoms with Crippen LogP contribution in [0.3, 0.4) is 0 Å². The van der Waals surface area contributed by atoms with Crippen LogP contribution in [-0.2, 0) is 23.4 Å². The van der Waals surface area contributed by atoms with Crippen LogP contribution in [0.2, 0.25) is 5.15 Å². The van der Waals surface area contributed by atoms with E-state index in [0.717, 1.165) is 5.39 Å². The number of aryl methyl sites for hydroxylation is 1. The quantitative estimate of drug-likeness (QED) is 0.752. The first-order chi connectivity index (χ1) is 9.85. The summed E-state index contributed by atoms with van der Waals surface area (Å²) in [5.74, 6) is 0.940. The molecule has 0 saturated carbocycles. The van der Waals surface area contributed by atoms with Crippen LogP contribution in [0.15, 0.2) is 6.20 Å². The van der Waals surface area contributed by atoms with Gasteiger partial charge in [-0.3, -0.25) is 9.58 Å². The highest BCUT2D eigenvalue weighted by molar-refractivity contribution is 7.91. The van der Waals surface area contributed by atoms with Gasteiger partial charge in [-0.15, -0.1) is 0 Å². The van der Waals surface area contributed by atoms with Crippen LogP contribution in [0.25, 0.3) is 11.0 Å². The van der Waals surface area contributed by atoms with Gasteiger partial charge in [-0.1, -0.05) is 11.6 Å². The number of aromatic nitrogens is 4. The normalized spacial score (nSPS) is 22.7. The van der Waals surface area contributed by atoms with E-state index in [4.69, 9.17) is 11.6 Å². The van der Waals surface area contributed by atoms with E-state index in [1.807, 2.05) is 6.92 Å². The van der Waals surface area contributed by atoms with Crippen LogP contribution in [-0.4, -0.2) is 57.2 Å². The second-order valence-corrected chi connectivity index (χ2v) is 7.96. The summed E-state index contributed by atoms with van der Waals surface area (Å²) in [6.45, 7) is 2.88. The van der Waals surface area contributed by atoms with E-state index in [9.17, 15) is 8.42 Å². The molecule has 1 aliphatic rings. The lowest BCUT2D eigenvalue weighted by Crippen LogP contribution is -2.46. The third-order valence-electron chi connectivity index (χ3n) is 3.74. The molecule has 1 saturated heterocycles. The Hall–Kier alpha value is -1.25. The van der Waals surface area contributed by atoms with E-state index in [2.05, 4.69) is 20.0 Å². The summed E-state index contributed by atoms with van der Waals surface area (Å²) in [4.78, 5) is 10.8. The average Bonchev–Trinajstić information content (AvgIpc) is 2.75. The van der Waals surface area contributed by atoms with Crippen molar-refractivity contribution in [3.05, 3.63) is 17.2 Å². The Labute approximate surface area is 127 Å². The third-order valence-corrected chi connectivity index (χ3v) is 5.83. The molecular formula is C12H16ClN5O2S. The number of sulfone groups is 1. The highest BCUT2D eigenvalue weighted by Crippen LogP contribution is 2.21. The first-order valence-corrected chi connectivity index (χ1v) is 8.84. The van der Waals surface area contributed by atoms with Gasteiger partial charge in [0.15, 0.2) is 15.5 Å². The molecule has 1 atom stereocenters. The summed E-state index contributed by atoms with van der Waals surface area (Å²) in [7, 11) is -1.12. The van der Waals surface area contributed by atoms with Gasteiger partial charge in [0.1, 0.15) is 11.0 Å². The van der Waals surface area contributed by atoms with Crippen molar-refractivity contribution in [2.24, 2.45) is 7.05 Å². The maximum Gasteiger partial charge on any atom is 0.162 e. The molecular weight excluding hydrogens is 314 g/mol. The molecule has 2 aromatic heterocycles. The molecule has 0 N–H and O–H groups in total. The molecule has 3 heterocycles. The highest BCUT2D eigenvalue weighted by Gasteiger charge is 2.28. The minimum absolute atomic E-state index is 0.0478. The standard InChI is InChI=1S/C12H16ClN5O2S/c1-8-7-21(19,20)4-3-18(8)6-10-15-11(13)9-5-14-17(2)12(9)16-10/h5,8H,3-4,6-7H2,1-2H3. The second-order valence-electron chi connectivity index (χ2n) is 5.37. The Bertz CT molecular complexity index is 788. The summed E-state index contributed by atoms with van der Waals surface area (Å²) < 4.78 is 24.9. The fraction of sp³-hybridized carbons (Fsp3) is 0.583. The zero-order valence-corrected chi connectivity index (χ0v) is 13.4. The van der Waals surface area contributed by atoms with Gasteiger partial charge in [0.2, 0.25) is 0 Å². The van der Waals surface area contributed by atoms with Crippen molar-refractivity contribution in [3.8, 4) is 0 Å². The maximum absolute atomic E-state index is 11.6. The van der Waals surface area contributed by atoms with E-state index < -0.39 is 9.84 Å². The summed E-state index contributed by atoms with van der Waals surface area (Å²) in [5, 5.41) is 5.21. The van der Waals surface area contributed by atoms with Gasteiger partial charge in [-0.2, -0.15) is 5.10 Å². The number of hydrogen-bond donors (Lipinski definition) is 0. The fourth-order valence-corrected chi connectivity index (χ4v) is 4.41. The van der Waals surface area contributed by atoms with Crippen molar-refractivity contribution in [1.29, 1.82) is 0 Å². The summed E-state index contributed by atoms with van der Waals surface area (Å²) in [5.41, 5.74) is 0.683. The van der Waals surface area contributed by atoms with Gasteiger partial charge in [0.05, 0.1) is 29.6 Å². The van der Waals surface area contributed by atoms with E-state index in [1.54, 1.807) is 17.9 Å². The largest absolute Gasteiger partial charge is 0.291 e. The molecule has 9 heteroatoms. The second kappa shape index (κ2) is 5.19. The molecule has 0 spiro atoms. The Balaban J connectivity index is 1.87. The number of fused-ring (bicyclic) bond motifs is 1. The lowest BCUT2D eigenvalue weighted by molar-refractivity contribution is 0.213. The lowest BCUT2D eigenvalue weighted by Gasteiger charge is -2.32. The van der Waals surface area contributed by atoms with Gasteiger partial charge >= 0.3 is 0 Å². The Morgan fingerprint density at radius 3 is 2.90 bits per heavy atom. The predicted octanol–water partition coefficient (Wildman–Crippen LogP) is 0.636. The van der Waals surface area contributed by atoms with Crippen molar-refractivity contribution in [2.45, 2.75) is 19.5 Å². The SMILES string of the molecule is CC1CS(=O)(=O)CCN1Cc1nc(Cl)c2cnn(C)c2n1. The molecule has 1 aliphatic heterocycles. The predicted molar refractivity (Wildman–Crippen MR) is 79.8 cm³/mol. The third kappa shape index (κ3) is 2.88. The zero-order chi connectivity index (χ0) is 15.2. The Morgan fingerprint density at radius 1 is 1.43 bits per heavy atom. The Kier molecular flexibility index (Phi) is 3.62. The van der Waals surface area contributed by atoms with Gasteiger partial charge in [0.25, 0.3) is 0 Å². The van der Waals surface area contributed by atoms with Gasteiger partial charge in [-0.25, -0.2) is 18.4 Å². The van der Waals surface area contributed by atoms with Crippen LogP contribution >= 0.6 is 11.6 Å². The van der Waals surface area contributed by atoms with E-state index >= 15 is 0 Å². The molecule has 1 fully saturated rings. The zero-order valence-electron chi connectivity index (χ0n) is 11.8. The van der Waals surface area contributed by atoms with Crippen molar-refractivity contribution in [2.75, 3.05) is 18.1 Å². The van der Waals surface area contributed by atoms with Crippen molar-refractivity contribution in [1.82, 2.24) is 24.6 Å². The molecule has 7 nitrogen and oxygen atoms in total. The Morgan fingerprint density at radius 2 is 2.19 bits per heavy atom. The minimum Gasteiger partial charge on any atom is -0.291 e. The van der Waals surface area contributed by atoms with E-state index in [0.29, 0.717) is 29.7 Å². The van der Waals surface area contributed by atoms with Gasteiger partial charge in [0, 0.05) is 19.6 Å². The minimum atomic E-state index is -2.92. The fourth-order valence-electron chi connectivity index (χ4n) is 2.55. The number of rotatable bonds is 2. The molecule has 0 bridgehead atoms. The van der Waals surface area contributed by atoms with Crippen LogP contribution in [0.1, 0.15) is 12.7 Å². The van der Waals surface area contributed by atoms with Crippen LogP contribution in [0.4, 0.5) is 0 Å². The molecule has 0 radical (unpaired) electrons. The van der Waals surface area contributed by atoms with Crippen molar-refractivity contribution >= 4 is 32.5 Å². The molecule has 0 amide bonds. The first kappa shape index (κ1) is 14.7. The van der Waals surface area contributed by atoms with Crippen molar-refractivity contribution < 1.29 is 8.42 Å². The number of hydrogen-bond acceptors (Lipinski definition) is 6. The first-order valence-electron chi connectivity index (χ1n) is 6.64. The number of halogens is 1. The van der Waals surface area contributed by atoms with Crippen LogP contribution < -0.4 is 0 Å². The monoisotopic (exact) mass is 329 g/mol. The summed E-state index contributed by atoms with van der Waals surface area (Å²) in [6, 6.07) is -0.0478. The summed E-state index contributed by atoms with van der Waals surface area (Å²) in [6.07, 6.45) is 1.64. The lowest BCUT2D eigenvalue weighted by atomic mass is 10.3. The highest BCUT2D eigenvalue weighted by atomic mass is 35.5. The van der Waals surface area contributed by atoms with Crippen LogP contribution in [0, 0.1) is 0 Å². The molecule has 1 unspecified atom stereocenters. The number of nitrogens with zero attached hydrogens (tertiary/aromatic N) is 5. The van der Waals surface area contributed by atoms with Gasteiger partial charge < -0.3 is 0 Å². The smallest absolute Gasteiger partial charge is 0.162 e. The van der Waals surface area contributed by atoms with Gasteiger partial charge in [-0.05, 0) is 6.92 Å². The topological polar surface area (TPSA) is 81.0 Å².